The molecule has 0 spiro atoms. The summed E-state index contributed by atoms with van der Waals surface area (Å²) in [6, 6.07) is 4.89. The number of unbranched alkanes of at least 4 members (excludes halogenated alkanes) is 2. The van der Waals surface area contributed by atoms with Gasteiger partial charge in [0.25, 0.3) is 5.56 Å². The van der Waals surface area contributed by atoms with E-state index in [0.717, 1.165) is 19.3 Å². The second kappa shape index (κ2) is 10.5. The van der Waals surface area contributed by atoms with Crippen LogP contribution in [0.3, 0.4) is 0 Å². The standard InChI is InChI=1S/C20H26Cl2N4O3/c1-3-5-9-25(16(27)11-13-7-8-14(21)12-15(13)22)17-18(23)26(10-6-4-2)20(29)24-19(17)28/h7-8,12H,3-6,9-11,23H2,1-2H3,(H,24,28,29). The Labute approximate surface area is 179 Å². The molecule has 9 heteroatoms. The molecule has 0 aliphatic carbocycles. The SMILES string of the molecule is CCCCN(C(=O)Cc1ccc(Cl)cc1Cl)c1c(N)n(CCCC)c(=O)[nH]c1=O. The van der Waals surface area contributed by atoms with Crippen molar-refractivity contribution in [1.82, 2.24) is 9.55 Å². The van der Waals surface area contributed by atoms with Gasteiger partial charge in [0.05, 0.1) is 6.42 Å². The molecule has 1 heterocycles. The number of amides is 1. The van der Waals surface area contributed by atoms with E-state index in [9.17, 15) is 14.4 Å². The van der Waals surface area contributed by atoms with E-state index >= 15 is 0 Å². The molecule has 1 aromatic heterocycles. The molecule has 2 aromatic rings. The summed E-state index contributed by atoms with van der Waals surface area (Å²) in [5, 5.41) is 0.841. The fourth-order valence-electron chi connectivity index (χ4n) is 2.98. The average Bonchev–Trinajstić information content (AvgIpc) is 2.66. The summed E-state index contributed by atoms with van der Waals surface area (Å²) in [4.78, 5) is 41.5. The summed E-state index contributed by atoms with van der Waals surface area (Å²) < 4.78 is 1.31. The minimum Gasteiger partial charge on any atom is -0.383 e. The molecular formula is C20H26Cl2N4O3. The highest BCUT2D eigenvalue weighted by atomic mass is 35.5. The van der Waals surface area contributed by atoms with Crippen LogP contribution in [-0.2, 0) is 17.8 Å². The monoisotopic (exact) mass is 440 g/mol. The van der Waals surface area contributed by atoms with Crippen molar-refractivity contribution in [2.45, 2.75) is 52.5 Å². The minimum absolute atomic E-state index is 0.00106. The van der Waals surface area contributed by atoms with Crippen LogP contribution in [0.1, 0.15) is 45.1 Å². The Bertz CT molecular complexity index is 985. The molecule has 0 unspecified atom stereocenters. The van der Waals surface area contributed by atoms with E-state index in [1.165, 1.54) is 9.47 Å². The number of carbonyl (C=O) groups is 1. The van der Waals surface area contributed by atoms with Gasteiger partial charge in [0.1, 0.15) is 5.82 Å². The number of aromatic nitrogens is 2. The molecule has 0 radical (unpaired) electrons. The van der Waals surface area contributed by atoms with Gasteiger partial charge in [-0.1, -0.05) is 56.0 Å². The zero-order valence-corrected chi connectivity index (χ0v) is 18.1. The molecule has 0 saturated carbocycles. The first-order valence-electron chi connectivity index (χ1n) is 9.67. The van der Waals surface area contributed by atoms with Gasteiger partial charge in [0.2, 0.25) is 5.91 Å². The van der Waals surface area contributed by atoms with Gasteiger partial charge < -0.3 is 10.6 Å². The highest BCUT2D eigenvalue weighted by Gasteiger charge is 2.24. The van der Waals surface area contributed by atoms with Crippen molar-refractivity contribution in [1.29, 1.82) is 0 Å². The normalized spacial score (nSPS) is 10.9. The molecule has 0 bridgehead atoms. The fourth-order valence-corrected chi connectivity index (χ4v) is 3.45. The molecule has 0 saturated heterocycles. The first kappa shape index (κ1) is 23.0. The maximum atomic E-state index is 13.1. The molecule has 7 nitrogen and oxygen atoms in total. The maximum absolute atomic E-state index is 13.1. The first-order chi connectivity index (χ1) is 13.8. The van der Waals surface area contributed by atoms with Crippen molar-refractivity contribution in [2.75, 3.05) is 17.2 Å². The number of nitrogens with one attached hydrogen (secondary N) is 1. The van der Waals surface area contributed by atoms with Gasteiger partial charge in [-0.3, -0.25) is 19.1 Å². The van der Waals surface area contributed by atoms with E-state index in [0.29, 0.717) is 35.1 Å². The van der Waals surface area contributed by atoms with Gasteiger partial charge in [-0.05, 0) is 30.5 Å². The van der Waals surface area contributed by atoms with Crippen LogP contribution in [0, 0.1) is 0 Å². The fraction of sp³-hybridized carbons (Fsp3) is 0.450. The number of nitrogens with zero attached hydrogens (tertiary/aromatic N) is 2. The summed E-state index contributed by atoms with van der Waals surface area (Å²) in [5.41, 5.74) is 5.53. The number of nitrogen functional groups attached to an aromatic ring is 1. The molecule has 1 amide bonds. The number of nitrogens with two attached hydrogens (primary N) is 1. The average molecular weight is 441 g/mol. The van der Waals surface area contributed by atoms with Gasteiger partial charge in [0, 0.05) is 23.1 Å². The topological polar surface area (TPSA) is 101 Å². The molecular weight excluding hydrogens is 415 g/mol. The molecule has 0 aliphatic rings. The summed E-state index contributed by atoms with van der Waals surface area (Å²) in [5.74, 6) is -0.334. The molecule has 0 aliphatic heterocycles. The first-order valence-corrected chi connectivity index (χ1v) is 10.4. The molecule has 1 aromatic carbocycles. The Morgan fingerprint density at radius 2 is 1.86 bits per heavy atom. The van der Waals surface area contributed by atoms with E-state index < -0.39 is 11.2 Å². The smallest absolute Gasteiger partial charge is 0.330 e. The van der Waals surface area contributed by atoms with E-state index in [2.05, 4.69) is 4.98 Å². The predicted molar refractivity (Wildman–Crippen MR) is 118 cm³/mol. The van der Waals surface area contributed by atoms with Crippen molar-refractivity contribution in [3.05, 3.63) is 54.6 Å². The molecule has 3 N–H and O–H groups in total. The van der Waals surface area contributed by atoms with Crippen LogP contribution in [0.4, 0.5) is 11.5 Å². The van der Waals surface area contributed by atoms with Gasteiger partial charge in [0.15, 0.2) is 5.69 Å². The molecule has 29 heavy (non-hydrogen) atoms. The number of anilines is 2. The third-order valence-corrected chi connectivity index (χ3v) is 5.20. The quantitative estimate of drug-likeness (QED) is 0.621. The van der Waals surface area contributed by atoms with Gasteiger partial charge in [-0.2, -0.15) is 0 Å². The van der Waals surface area contributed by atoms with Crippen molar-refractivity contribution in [3.8, 4) is 0 Å². The van der Waals surface area contributed by atoms with Crippen LogP contribution in [0.15, 0.2) is 27.8 Å². The predicted octanol–water partition coefficient (Wildman–Crippen LogP) is 3.60. The number of hydrogen-bond donors (Lipinski definition) is 2. The second-order valence-corrected chi connectivity index (χ2v) is 7.65. The van der Waals surface area contributed by atoms with Gasteiger partial charge in [-0.25, -0.2) is 4.79 Å². The van der Waals surface area contributed by atoms with E-state index in [1.54, 1.807) is 18.2 Å². The van der Waals surface area contributed by atoms with E-state index in [1.807, 2.05) is 13.8 Å². The lowest BCUT2D eigenvalue weighted by atomic mass is 10.1. The largest absolute Gasteiger partial charge is 0.383 e. The van der Waals surface area contributed by atoms with Crippen LogP contribution >= 0.6 is 23.2 Å². The Morgan fingerprint density at radius 3 is 2.48 bits per heavy atom. The Hall–Kier alpha value is -2.25. The lowest BCUT2D eigenvalue weighted by Crippen LogP contribution is -2.42. The molecule has 0 fully saturated rings. The molecule has 0 atom stereocenters. The molecule has 2 rings (SSSR count). The van der Waals surface area contributed by atoms with E-state index in [-0.39, 0.29) is 23.8 Å². The number of halogens is 2. The van der Waals surface area contributed by atoms with Crippen LogP contribution in [0.2, 0.25) is 10.0 Å². The van der Waals surface area contributed by atoms with Gasteiger partial charge >= 0.3 is 5.69 Å². The van der Waals surface area contributed by atoms with Crippen molar-refractivity contribution < 1.29 is 4.79 Å². The third-order valence-electron chi connectivity index (χ3n) is 4.61. The van der Waals surface area contributed by atoms with Crippen LogP contribution in [0.5, 0.6) is 0 Å². The van der Waals surface area contributed by atoms with Crippen LogP contribution < -0.4 is 21.9 Å². The Balaban J connectivity index is 2.47. The lowest BCUT2D eigenvalue weighted by molar-refractivity contribution is -0.118. The maximum Gasteiger partial charge on any atom is 0.330 e. The molecule has 158 valence electrons. The number of benzene rings is 1. The highest BCUT2D eigenvalue weighted by Crippen LogP contribution is 2.24. The van der Waals surface area contributed by atoms with Gasteiger partial charge in [-0.15, -0.1) is 0 Å². The Morgan fingerprint density at radius 1 is 1.17 bits per heavy atom. The minimum atomic E-state index is -0.674. The second-order valence-electron chi connectivity index (χ2n) is 6.81. The summed E-state index contributed by atoms with van der Waals surface area (Å²) >= 11 is 12.1. The number of H-pyrrole nitrogens is 1. The lowest BCUT2D eigenvalue weighted by Gasteiger charge is -2.24. The third kappa shape index (κ3) is 5.64. The van der Waals surface area contributed by atoms with Crippen molar-refractivity contribution in [2.24, 2.45) is 0 Å². The zero-order valence-electron chi connectivity index (χ0n) is 16.6. The van der Waals surface area contributed by atoms with Crippen molar-refractivity contribution >= 4 is 40.6 Å². The zero-order chi connectivity index (χ0) is 21.6. The summed E-state index contributed by atoms with van der Waals surface area (Å²) in [7, 11) is 0. The number of hydrogen-bond acceptors (Lipinski definition) is 4. The summed E-state index contributed by atoms with van der Waals surface area (Å²) in [6.07, 6.45) is 3.05. The number of carbonyl (C=O) groups excluding carboxylic acids is 1. The van der Waals surface area contributed by atoms with Crippen LogP contribution in [0.25, 0.3) is 0 Å². The number of rotatable bonds is 9. The van der Waals surface area contributed by atoms with Crippen LogP contribution in [-0.4, -0.2) is 22.0 Å². The Kier molecular flexibility index (Phi) is 8.34. The van der Waals surface area contributed by atoms with Crippen molar-refractivity contribution in [3.63, 3.8) is 0 Å². The highest BCUT2D eigenvalue weighted by molar-refractivity contribution is 6.35. The number of aromatic amines is 1. The van der Waals surface area contributed by atoms with E-state index in [4.69, 9.17) is 28.9 Å². The summed E-state index contributed by atoms with van der Waals surface area (Å²) in [6.45, 7) is 4.64.